The second-order valence-electron chi connectivity index (χ2n) is 3.21. The van der Waals surface area contributed by atoms with E-state index in [9.17, 15) is 0 Å². The number of anilines is 1. The van der Waals surface area contributed by atoms with Crippen LogP contribution in [0, 0.1) is 6.92 Å². The first kappa shape index (κ1) is 10.3. The van der Waals surface area contributed by atoms with Crippen molar-refractivity contribution in [2.45, 2.75) is 6.92 Å². The fourth-order valence-corrected chi connectivity index (χ4v) is 1.53. The van der Waals surface area contributed by atoms with Crippen LogP contribution in [0.3, 0.4) is 0 Å². The summed E-state index contributed by atoms with van der Waals surface area (Å²) in [6, 6.07) is 5.31. The maximum atomic E-state index is 5.91. The van der Waals surface area contributed by atoms with Gasteiger partial charge in [-0.25, -0.2) is 4.68 Å². The van der Waals surface area contributed by atoms with Crippen LogP contribution >= 0.6 is 23.2 Å². The van der Waals surface area contributed by atoms with Crippen molar-refractivity contribution >= 4 is 28.9 Å². The lowest BCUT2D eigenvalue weighted by atomic mass is 10.3. The smallest absolute Gasteiger partial charge is 0.0827 e. The Bertz CT molecular complexity index is 486. The molecule has 1 aromatic carbocycles. The first-order valence-electron chi connectivity index (χ1n) is 4.35. The van der Waals surface area contributed by atoms with E-state index in [0.29, 0.717) is 15.7 Å². The van der Waals surface area contributed by atoms with Crippen molar-refractivity contribution in [3.8, 4) is 5.69 Å². The summed E-state index contributed by atoms with van der Waals surface area (Å²) in [5, 5.41) is 5.27. The van der Waals surface area contributed by atoms with Crippen molar-refractivity contribution in [1.29, 1.82) is 0 Å². The van der Waals surface area contributed by atoms with E-state index < -0.39 is 0 Å². The van der Waals surface area contributed by atoms with Crippen molar-refractivity contribution in [2.75, 3.05) is 5.73 Å². The number of halogens is 2. The molecular weight excluding hydrogens is 233 g/mol. The number of aryl methyl sites for hydroxylation is 1. The van der Waals surface area contributed by atoms with Crippen LogP contribution in [0.2, 0.25) is 10.0 Å². The Morgan fingerprint density at radius 1 is 1.27 bits per heavy atom. The summed E-state index contributed by atoms with van der Waals surface area (Å²) in [5.74, 6) is 0. The second-order valence-corrected chi connectivity index (χ2v) is 4.03. The monoisotopic (exact) mass is 241 g/mol. The van der Waals surface area contributed by atoms with E-state index in [0.717, 1.165) is 11.4 Å². The van der Waals surface area contributed by atoms with Gasteiger partial charge in [0.1, 0.15) is 0 Å². The van der Waals surface area contributed by atoms with Crippen molar-refractivity contribution in [3.05, 3.63) is 40.1 Å². The maximum absolute atomic E-state index is 5.91. The molecule has 3 nitrogen and oxygen atoms in total. The van der Waals surface area contributed by atoms with Crippen molar-refractivity contribution < 1.29 is 0 Å². The molecule has 78 valence electrons. The van der Waals surface area contributed by atoms with Gasteiger partial charge in [-0.05, 0) is 25.1 Å². The van der Waals surface area contributed by atoms with E-state index in [2.05, 4.69) is 5.10 Å². The standard InChI is InChI=1S/C10H9Cl2N3/c1-6-10(13)5-15(14-6)7-2-3-8(11)9(12)4-7/h2-5H,13H2,1H3. The summed E-state index contributed by atoms with van der Waals surface area (Å²) in [6.45, 7) is 1.85. The van der Waals surface area contributed by atoms with E-state index >= 15 is 0 Å². The average Bonchev–Trinajstić information content (AvgIpc) is 2.52. The van der Waals surface area contributed by atoms with Crippen LogP contribution in [-0.2, 0) is 0 Å². The summed E-state index contributed by atoms with van der Waals surface area (Å²) < 4.78 is 1.67. The fraction of sp³-hybridized carbons (Fsp3) is 0.100. The highest BCUT2D eigenvalue weighted by atomic mass is 35.5. The largest absolute Gasteiger partial charge is 0.396 e. The van der Waals surface area contributed by atoms with Gasteiger partial charge in [0.25, 0.3) is 0 Å². The van der Waals surface area contributed by atoms with E-state index in [4.69, 9.17) is 28.9 Å². The zero-order valence-electron chi connectivity index (χ0n) is 8.04. The molecule has 0 amide bonds. The van der Waals surface area contributed by atoms with E-state index in [1.807, 2.05) is 13.0 Å². The molecule has 0 spiro atoms. The van der Waals surface area contributed by atoms with Crippen molar-refractivity contribution in [3.63, 3.8) is 0 Å². The Hall–Kier alpha value is -1.19. The quantitative estimate of drug-likeness (QED) is 0.835. The number of nitrogen functional groups attached to an aromatic ring is 1. The molecule has 0 aliphatic heterocycles. The Kier molecular flexibility index (Phi) is 2.59. The zero-order valence-corrected chi connectivity index (χ0v) is 9.55. The normalized spacial score (nSPS) is 10.6. The van der Waals surface area contributed by atoms with Gasteiger partial charge >= 0.3 is 0 Å². The minimum absolute atomic E-state index is 0.501. The molecule has 0 radical (unpaired) electrons. The molecule has 1 aromatic heterocycles. The molecule has 15 heavy (non-hydrogen) atoms. The van der Waals surface area contributed by atoms with E-state index in [1.54, 1.807) is 23.0 Å². The third-order valence-electron chi connectivity index (χ3n) is 2.10. The molecule has 0 saturated carbocycles. The lowest BCUT2D eigenvalue weighted by Crippen LogP contribution is -1.94. The SMILES string of the molecule is Cc1nn(-c2ccc(Cl)c(Cl)c2)cc1N. The maximum Gasteiger partial charge on any atom is 0.0827 e. The van der Waals surface area contributed by atoms with Crippen LogP contribution in [0.5, 0.6) is 0 Å². The van der Waals surface area contributed by atoms with Gasteiger partial charge < -0.3 is 5.73 Å². The molecular formula is C10H9Cl2N3. The summed E-state index contributed by atoms with van der Waals surface area (Å²) in [7, 11) is 0. The third-order valence-corrected chi connectivity index (χ3v) is 2.84. The summed E-state index contributed by atoms with van der Waals surface area (Å²) in [4.78, 5) is 0. The molecule has 0 unspecified atom stereocenters. The predicted molar refractivity (Wildman–Crippen MR) is 62.7 cm³/mol. The van der Waals surface area contributed by atoms with Crippen LogP contribution in [0.1, 0.15) is 5.69 Å². The molecule has 0 aliphatic rings. The minimum Gasteiger partial charge on any atom is -0.396 e. The van der Waals surface area contributed by atoms with Crippen LogP contribution in [0.25, 0.3) is 5.69 Å². The van der Waals surface area contributed by atoms with Crippen molar-refractivity contribution in [1.82, 2.24) is 9.78 Å². The minimum atomic E-state index is 0.501. The average molecular weight is 242 g/mol. The highest BCUT2D eigenvalue weighted by molar-refractivity contribution is 6.42. The molecule has 2 N–H and O–H groups in total. The first-order valence-corrected chi connectivity index (χ1v) is 5.10. The van der Waals surface area contributed by atoms with Crippen LogP contribution < -0.4 is 5.73 Å². The van der Waals surface area contributed by atoms with Gasteiger partial charge in [-0.15, -0.1) is 0 Å². The van der Waals surface area contributed by atoms with Crippen LogP contribution in [-0.4, -0.2) is 9.78 Å². The number of benzene rings is 1. The Morgan fingerprint density at radius 3 is 2.53 bits per heavy atom. The number of rotatable bonds is 1. The number of hydrogen-bond acceptors (Lipinski definition) is 2. The Morgan fingerprint density at radius 2 is 2.00 bits per heavy atom. The van der Waals surface area contributed by atoms with Gasteiger partial charge in [-0.1, -0.05) is 23.2 Å². The van der Waals surface area contributed by atoms with Crippen LogP contribution in [0.4, 0.5) is 5.69 Å². The van der Waals surface area contributed by atoms with Gasteiger partial charge in [-0.3, -0.25) is 0 Å². The number of aromatic nitrogens is 2. The number of hydrogen-bond donors (Lipinski definition) is 1. The molecule has 0 aliphatic carbocycles. The second kappa shape index (κ2) is 3.76. The van der Waals surface area contributed by atoms with E-state index in [-0.39, 0.29) is 0 Å². The highest BCUT2D eigenvalue weighted by Gasteiger charge is 2.05. The van der Waals surface area contributed by atoms with Gasteiger partial charge in [0.15, 0.2) is 0 Å². The van der Waals surface area contributed by atoms with Crippen LogP contribution in [0.15, 0.2) is 24.4 Å². The molecule has 0 fully saturated rings. The van der Waals surface area contributed by atoms with Gasteiger partial charge in [0, 0.05) is 0 Å². The highest BCUT2D eigenvalue weighted by Crippen LogP contribution is 2.24. The molecule has 5 heteroatoms. The fourth-order valence-electron chi connectivity index (χ4n) is 1.23. The van der Waals surface area contributed by atoms with Gasteiger partial charge in [0.05, 0.1) is 33.3 Å². The molecule has 2 aromatic rings. The Labute approximate surface area is 97.4 Å². The Balaban J connectivity index is 2.49. The number of nitrogens with two attached hydrogens (primary N) is 1. The summed E-state index contributed by atoms with van der Waals surface area (Å²) in [5.41, 5.74) is 7.99. The van der Waals surface area contributed by atoms with Crippen molar-refractivity contribution in [2.24, 2.45) is 0 Å². The van der Waals surface area contributed by atoms with Gasteiger partial charge in [-0.2, -0.15) is 5.10 Å². The first-order chi connectivity index (χ1) is 7.08. The number of nitrogens with zero attached hydrogens (tertiary/aromatic N) is 2. The topological polar surface area (TPSA) is 43.8 Å². The summed E-state index contributed by atoms with van der Waals surface area (Å²) in [6.07, 6.45) is 1.74. The summed E-state index contributed by atoms with van der Waals surface area (Å²) >= 11 is 11.7. The third kappa shape index (κ3) is 1.94. The molecule has 1 heterocycles. The predicted octanol–water partition coefficient (Wildman–Crippen LogP) is 3.07. The van der Waals surface area contributed by atoms with E-state index in [1.165, 1.54) is 0 Å². The zero-order chi connectivity index (χ0) is 11.0. The molecule has 0 saturated heterocycles. The lowest BCUT2D eigenvalue weighted by molar-refractivity contribution is 0.863. The van der Waals surface area contributed by atoms with Gasteiger partial charge in [0.2, 0.25) is 0 Å². The lowest BCUT2D eigenvalue weighted by Gasteiger charge is -2.02. The molecule has 0 bridgehead atoms. The molecule has 2 rings (SSSR count). The molecule has 0 atom stereocenters.